The highest BCUT2D eigenvalue weighted by Crippen LogP contribution is 2.11. The molecule has 1 aromatic carbocycles. The molecule has 0 spiro atoms. The first kappa shape index (κ1) is 12.6. The zero-order valence-electron chi connectivity index (χ0n) is 10.1. The fourth-order valence-electron chi connectivity index (χ4n) is 1.71. The molecule has 2 aromatic rings. The van der Waals surface area contributed by atoms with Crippen molar-refractivity contribution in [3.8, 4) is 0 Å². The number of thiophene rings is 1. The Balaban J connectivity index is 1.77. The van der Waals surface area contributed by atoms with Gasteiger partial charge in [-0.3, -0.25) is 4.79 Å². The van der Waals surface area contributed by atoms with Gasteiger partial charge in [-0.1, -0.05) is 18.2 Å². The summed E-state index contributed by atoms with van der Waals surface area (Å²) in [6, 6.07) is 9.53. The summed E-state index contributed by atoms with van der Waals surface area (Å²) in [5.74, 6) is 0.0168. The predicted octanol–water partition coefficient (Wildman–Crippen LogP) is 2.23. The Kier molecular flexibility index (Phi) is 4.36. The minimum absolute atomic E-state index is 0.0168. The van der Waals surface area contributed by atoms with Crippen LogP contribution in [0.1, 0.15) is 11.1 Å². The predicted molar refractivity (Wildman–Crippen MR) is 75.6 cm³/mol. The lowest BCUT2D eigenvalue weighted by Gasteiger charge is -2.06. The Morgan fingerprint density at radius 2 is 2.11 bits per heavy atom. The Bertz CT molecular complexity index is 508. The maximum absolute atomic E-state index is 11.7. The Hall–Kier alpha value is -1.81. The molecule has 3 nitrogen and oxygen atoms in total. The molecule has 18 heavy (non-hydrogen) atoms. The molecule has 4 heteroatoms. The molecule has 0 radical (unpaired) electrons. The lowest BCUT2D eigenvalue weighted by molar-refractivity contribution is -0.120. The third-order valence-electron chi connectivity index (χ3n) is 2.72. The monoisotopic (exact) mass is 260 g/mol. The van der Waals surface area contributed by atoms with Crippen molar-refractivity contribution in [3.63, 3.8) is 0 Å². The van der Waals surface area contributed by atoms with Gasteiger partial charge >= 0.3 is 0 Å². The van der Waals surface area contributed by atoms with E-state index in [2.05, 4.69) is 16.8 Å². The standard InChI is InChI=1S/C14H16N2OS/c15-13-4-2-1-3-12(13)9-14(17)16-7-5-11-6-8-18-10-11/h1-4,6,8,10H,5,7,9,15H2,(H,16,17). The fourth-order valence-corrected chi connectivity index (χ4v) is 2.41. The molecule has 0 fully saturated rings. The van der Waals surface area contributed by atoms with Gasteiger partial charge in [0.05, 0.1) is 6.42 Å². The first-order valence-corrected chi connectivity index (χ1v) is 6.81. The molecule has 0 saturated carbocycles. The van der Waals surface area contributed by atoms with E-state index in [4.69, 9.17) is 5.73 Å². The lowest BCUT2D eigenvalue weighted by atomic mass is 10.1. The summed E-state index contributed by atoms with van der Waals surface area (Å²) >= 11 is 1.67. The first-order chi connectivity index (χ1) is 8.75. The summed E-state index contributed by atoms with van der Waals surface area (Å²) in [6.45, 7) is 0.669. The number of para-hydroxylation sites is 1. The Labute approximate surface area is 111 Å². The zero-order valence-corrected chi connectivity index (χ0v) is 10.9. The summed E-state index contributed by atoms with van der Waals surface area (Å²) in [5.41, 5.74) is 8.61. The highest BCUT2D eigenvalue weighted by molar-refractivity contribution is 7.07. The van der Waals surface area contributed by atoms with Gasteiger partial charge in [0.25, 0.3) is 0 Å². The maximum Gasteiger partial charge on any atom is 0.224 e. The van der Waals surface area contributed by atoms with Crippen LogP contribution in [0, 0.1) is 0 Å². The van der Waals surface area contributed by atoms with E-state index < -0.39 is 0 Å². The number of nitrogens with one attached hydrogen (secondary N) is 1. The second-order valence-electron chi connectivity index (χ2n) is 4.11. The van der Waals surface area contributed by atoms with Gasteiger partial charge in [-0.2, -0.15) is 11.3 Å². The van der Waals surface area contributed by atoms with Crippen LogP contribution in [-0.4, -0.2) is 12.5 Å². The van der Waals surface area contributed by atoms with E-state index in [1.54, 1.807) is 11.3 Å². The highest BCUT2D eigenvalue weighted by atomic mass is 32.1. The van der Waals surface area contributed by atoms with Crippen LogP contribution in [0.25, 0.3) is 0 Å². The quantitative estimate of drug-likeness (QED) is 0.810. The Morgan fingerprint density at radius 1 is 1.28 bits per heavy atom. The van der Waals surface area contributed by atoms with Crippen molar-refractivity contribution in [1.82, 2.24) is 5.32 Å². The average molecular weight is 260 g/mol. The van der Waals surface area contributed by atoms with Gasteiger partial charge in [0, 0.05) is 12.2 Å². The molecule has 3 N–H and O–H groups in total. The molecule has 0 unspecified atom stereocenters. The van der Waals surface area contributed by atoms with E-state index in [-0.39, 0.29) is 5.91 Å². The van der Waals surface area contributed by atoms with E-state index >= 15 is 0 Å². The van der Waals surface area contributed by atoms with Crippen LogP contribution in [0.15, 0.2) is 41.1 Å². The van der Waals surface area contributed by atoms with E-state index in [1.165, 1.54) is 5.56 Å². The van der Waals surface area contributed by atoms with E-state index in [0.717, 1.165) is 12.0 Å². The second-order valence-corrected chi connectivity index (χ2v) is 4.89. The second kappa shape index (κ2) is 6.21. The van der Waals surface area contributed by atoms with E-state index in [9.17, 15) is 4.79 Å². The van der Waals surface area contributed by atoms with Crippen LogP contribution in [-0.2, 0) is 17.6 Å². The molecule has 0 bridgehead atoms. The molecule has 1 aromatic heterocycles. The van der Waals surface area contributed by atoms with Gasteiger partial charge in [0.2, 0.25) is 5.91 Å². The molecule has 1 heterocycles. The van der Waals surface area contributed by atoms with Crippen LogP contribution >= 0.6 is 11.3 Å². The third-order valence-corrected chi connectivity index (χ3v) is 3.45. The molecule has 0 saturated heterocycles. The summed E-state index contributed by atoms with van der Waals surface area (Å²) in [7, 11) is 0. The SMILES string of the molecule is Nc1ccccc1CC(=O)NCCc1ccsc1. The summed E-state index contributed by atoms with van der Waals surface area (Å²) in [4.78, 5) is 11.7. The minimum Gasteiger partial charge on any atom is -0.398 e. The minimum atomic E-state index is 0.0168. The van der Waals surface area contributed by atoms with Gasteiger partial charge in [-0.15, -0.1) is 0 Å². The number of hydrogen-bond acceptors (Lipinski definition) is 3. The third kappa shape index (κ3) is 3.60. The number of carbonyl (C=O) groups excluding carboxylic acids is 1. The first-order valence-electron chi connectivity index (χ1n) is 5.87. The number of amides is 1. The van der Waals surface area contributed by atoms with E-state index in [1.807, 2.05) is 29.6 Å². The molecule has 0 aliphatic heterocycles. The van der Waals surface area contributed by atoms with Crippen LogP contribution in [0.3, 0.4) is 0 Å². The summed E-state index contributed by atoms with van der Waals surface area (Å²) < 4.78 is 0. The van der Waals surface area contributed by atoms with Crippen LogP contribution < -0.4 is 11.1 Å². The topological polar surface area (TPSA) is 55.1 Å². The van der Waals surface area contributed by atoms with Crippen molar-refractivity contribution in [1.29, 1.82) is 0 Å². The van der Waals surface area contributed by atoms with Crippen molar-refractivity contribution in [2.24, 2.45) is 0 Å². The van der Waals surface area contributed by atoms with E-state index in [0.29, 0.717) is 18.7 Å². The Morgan fingerprint density at radius 3 is 2.83 bits per heavy atom. The van der Waals surface area contributed by atoms with Crippen LogP contribution in [0.4, 0.5) is 5.69 Å². The van der Waals surface area contributed by atoms with Crippen molar-refractivity contribution < 1.29 is 4.79 Å². The van der Waals surface area contributed by atoms with Crippen LogP contribution in [0.2, 0.25) is 0 Å². The number of benzene rings is 1. The molecule has 0 aliphatic rings. The normalized spacial score (nSPS) is 10.2. The van der Waals surface area contributed by atoms with Gasteiger partial charge in [-0.25, -0.2) is 0 Å². The number of hydrogen-bond donors (Lipinski definition) is 2. The van der Waals surface area contributed by atoms with Gasteiger partial charge < -0.3 is 11.1 Å². The highest BCUT2D eigenvalue weighted by Gasteiger charge is 2.05. The van der Waals surface area contributed by atoms with Crippen molar-refractivity contribution in [3.05, 3.63) is 52.2 Å². The molecule has 1 amide bonds. The molecular weight excluding hydrogens is 244 g/mol. The van der Waals surface area contributed by atoms with Crippen molar-refractivity contribution >= 4 is 22.9 Å². The number of anilines is 1. The van der Waals surface area contributed by atoms with Crippen LogP contribution in [0.5, 0.6) is 0 Å². The molecule has 0 atom stereocenters. The lowest BCUT2D eigenvalue weighted by Crippen LogP contribution is -2.27. The largest absolute Gasteiger partial charge is 0.398 e. The van der Waals surface area contributed by atoms with Gasteiger partial charge in [-0.05, 0) is 40.4 Å². The molecule has 0 aliphatic carbocycles. The maximum atomic E-state index is 11.7. The number of rotatable bonds is 5. The molecular formula is C14H16N2OS. The smallest absolute Gasteiger partial charge is 0.224 e. The average Bonchev–Trinajstić information content (AvgIpc) is 2.85. The number of nitrogen functional groups attached to an aromatic ring is 1. The summed E-state index contributed by atoms with van der Waals surface area (Å²) in [5, 5.41) is 7.05. The number of nitrogens with two attached hydrogens (primary N) is 1. The van der Waals surface area contributed by atoms with Crippen molar-refractivity contribution in [2.75, 3.05) is 12.3 Å². The molecule has 2 rings (SSSR count). The fraction of sp³-hybridized carbons (Fsp3) is 0.214. The number of carbonyl (C=O) groups is 1. The zero-order chi connectivity index (χ0) is 12.8. The van der Waals surface area contributed by atoms with Gasteiger partial charge in [0.15, 0.2) is 0 Å². The molecule has 94 valence electrons. The van der Waals surface area contributed by atoms with Gasteiger partial charge in [0.1, 0.15) is 0 Å². The van der Waals surface area contributed by atoms with Crippen molar-refractivity contribution in [2.45, 2.75) is 12.8 Å². The summed E-state index contributed by atoms with van der Waals surface area (Å²) in [6.07, 6.45) is 1.22.